The molecule has 2 unspecified atom stereocenters. The molecule has 134 valence electrons. The highest BCUT2D eigenvalue weighted by molar-refractivity contribution is 7.16. The van der Waals surface area contributed by atoms with Crippen LogP contribution in [-0.2, 0) is 11.2 Å². The van der Waals surface area contributed by atoms with Gasteiger partial charge in [0.25, 0.3) is 0 Å². The van der Waals surface area contributed by atoms with Crippen molar-refractivity contribution >= 4 is 28.6 Å². The Bertz CT molecular complexity index is 727. The molecule has 6 heteroatoms. The molecular weight excluding hydrogens is 350 g/mol. The quantitative estimate of drug-likeness (QED) is 0.808. The van der Waals surface area contributed by atoms with Crippen LogP contribution in [0.25, 0.3) is 10.6 Å². The smallest absolute Gasteiger partial charge is 0.220 e. The van der Waals surface area contributed by atoms with Crippen LogP contribution in [0.4, 0.5) is 0 Å². The van der Waals surface area contributed by atoms with Crippen molar-refractivity contribution in [3.8, 4) is 10.6 Å². The molecule has 4 nitrogen and oxygen atoms in total. The summed E-state index contributed by atoms with van der Waals surface area (Å²) in [5, 5.41) is 9.97. The molecule has 4 heterocycles. The number of aromatic nitrogens is 1. The van der Waals surface area contributed by atoms with Crippen molar-refractivity contribution in [2.45, 2.75) is 57.5 Å². The van der Waals surface area contributed by atoms with Gasteiger partial charge in [-0.3, -0.25) is 4.79 Å². The Morgan fingerprint density at radius 2 is 2.12 bits per heavy atom. The van der Waals surface area contributed by atoms with E-state index in [4.69, 9.17) is 0 Å². The molecule has 2 aliphatic rings. The highest BCUT2D eigenvalue weighted by Gasteiger charge is 2.34. The number of piperidine rings is 1. The van der Waals surface area contributed by atoms with Crippen LogP contribution in [0.5, 0.6) is 0 Å². The Balaban J connectivity index is 1.21. The maximum Gasteiger partial charge on any atom is 0.220 e. The van der Waals surface area contributed by atoms with Gasteiger partial charge in [0.1, 0.15) is 0 Å². The second-order valence-electron chi connectivity index (χ2n) is 7.30. The average molecular weight is 376 g/mol. The fourth-order valence-corrected chi connectivity index (χ4v) is 5.78. The first kappa shape index (κ1) is 17.2. The zero-order valence-corrected chi connectivity index (χ0v) is 16.2. The number of carbonyl (C=O) groups excluding carboxylic acids is 1. The molecule has 2 N–H and O–H groups in total. The van der Waals surface area contributed by atoms with Gasteiger partial charge >= 0.3 is 0 Å². The number of rotatable bonds is 6. The van der Waals surface area contributed by atoms with Crippen molar-refractivity contribution in [1.29, 1.82) is 0 Å². The predicted octanol–water partition coefficient (Wildman–Crippen LogP) is 3.76. The molecule has 0 aliphatic carbocycles. The van der Waals surface area contributed by atoms with Crippen LogP contribution in [0.1, 0.15) is 42.0 Å². The minimum Gasteiger partial charge on any atom is -0.356 e. The fraction of sp³-hybridized carbons (Fsp3) is 0.579. The van der Waals surface area contributed by atoms with E-state index in [1.165, 1.54) is 35.4 Å². The lowest BCUT2D eigenvalue weighted by atomic mass is 9.89. The maximum atomic E-state index is 12.2. The lowest BCUT2D eigenvalue weighted by Gasteiger charge is -2.28. The lowest BCUT2D eigenvalue weighted by molar-refractivity contribution is -0.122. The molecule has 25 heavy (non-hydrogen) atoms. The summed E-state index contributed by atoms with van der Waals surface area (Å²) >= 11 is 3.47. The molecule has 0 aromatic carbocycles. The van der Waals surface area contributed by atoms with Crippen LogP contribution in [0.3, 0.4) is 0 Å². The summed E-state index contributed by atoms with van der Waals surface area (Å²) in [6, 6.07) is 5.62. The van der Waals surface area contributed by atoms with Gasteiger partial charge in [-0.05, 0) is 57.1 Å². The largest absolute Gasteiger partial charge is 0.356 e. The summed E-state index contributed by atoms with van der Waals surface area (Å²) in [7, 11) is 0. The lowest BCUT2D eigenvalue weighted by Crippen LogP contribution is -2.39. The number of thiazole rings is 1. The van der Waals surface area contributed by atoms with Gasteiger partial charge in [-0.2, -0.15) is 0 Å². The molecule has 2 saturated heterocycles. The van der Waals surface area contributed by atoms with Gasteiger partial charge in [-0.25, -0.2) is 4.98 Å². The summed E-state index contributed by atoms with van der Waals surface area (Å²) < 4.78 is 0. The van der Waals surface area contributed by atoms with Gasteiger partial charge in [-0.1, -0.05) is 0 Å². The van der Waals surface area contributed by atoms with E-state index in [1.807, 2.05) is 6.92 Å². The van der Waals surface area contributed by atoms with Gasteiger partial charge in [0, 0.05) is 35.3 Å². The molecule has 2 aliphatic heterocycles. The van der Waals surface area contributed by atoms with Gasteiger partial charge in [0.15, 0.2) is 0 Å². The first-order valence-electron chi connectivity index (χ1n) is 9.19. The molecule has 0 radical (unpaired) electrons. The highest BCUT2D eigenvalue weighted by atomic mass is 32.1. The summed E-state index contributed by atoms with van der Waals surface area (Å²) in [6.45, 7) is 2.76. The predicted molar refractivity (Wildman–Crippen MR) is 104 cm³/mol. The Morgan fingerprint density at radius 3 is 2.84 bits per heavy atom. The highest BCUT2D eigenvalue weighted by Crippen LogP contribution is 2.32. The molecule has 0 saturated carbocycles. The number of thiophene rings is 1. The molecular formula is C19H25N3OS2. The Morgan fingerprint density at radius 1 is 1.32 bits per heavy atom. The van der Waals surface area contributed by atoms with Gasteiger partial charge in [0.2, 0.25) is 5.91 Å². The summed E-state index contributed by atoms with van der Waals surface area (Å²) in [4.78, 5) is 19.3. The zero-order chi connectivity index (χ0) is 17.2. The third-order valence-electron chi connectivity index (χ3n) is 5.27. The molecule has 2 fully saturated rings. The van der Waals surface area contributed by atoms with Crippen LogP contribution in [-0.4, -0.2) is 29.5 Å². The van der Waals surface area contributed by atoms with Crippen LogP contribution in [0, 0.1) is 12.8 Å². The van der Waals surface area contributed by atoms with Crippen molar-refractivity contribution < 1.29 is 4.79 Å². The van der Waals surface area contributed by atoms with Crippen LogP contribution < -0.4 is 10.6 Å². The van der Waals surface area contributed by atoms with E-state index in [-0.39, 0.29) is 5.91 Å². The third-order valence-corrected chi connectivity index (χ3v) is 7.21. The Kier molecular flexibility index (Phi) is 5.20. The van der Waals surface area contributed by atoms with Gasteiger partial charge in [0.05, 0.1) is 15.6 Å². The van der Waals surface area contributed by atoms with E-state index >= 15 is 0 Å². The summed E-state index contributed by atoms with van der Waals surface area (Å²) in [5.74, 6) is 0.790. The van der Waals surface area contributed by atoms with Gasteiger partial charge < -0.3 is 10.6 Å². The standard InChI is InChI=1S/C19H25N3OS2/c1-12-21-17(11-24-12)18-5-4-16(25-18)6-7-20-19(23)10-13-8-14-2-3-15(9-13)22-14/h4-5,11,13-15,22H,2-3,6-10H2,1H3,(H,20,23). The van der Waals surface area contributed by atoms with E-state index < -0.39 is 0 Å². The number of fused-ring (bicyclic) bond motifs is 2. The van der Waals surface area contributed by atoms with E-state index in [1.54, 1.807) is 22.7 Å². The van der Waals surface area contributed by atoms with Crippen LogP contribution in [0.2, 0.25) is 0 Å². The van der Waals surface area contributed by atoms with E-state index in [9.17, 15) is 4.79 Å². The van der Waals surface area contributed by atoms with Crippen molar-refractivity contribution in [1.82, 2.24) is 15.6 Å². The number of nitrogens with zero attached hydrogens (tertiary/aromatic N) is 1. The average Bonchev–Trinajstić information content (AvgIpc) is 3.28. The SMILES string of the molecule is Cc1nc(-c2ccc(CCNC(=O)CC3CC4CCC(C3)N4)s2)cs1. The van der Waals surface area contributed by atoms with Crippen molar-refractivity contribution in [3.05, 3.63) is 27.4 Å². The normalized spacial score (nSPS) is 25.2. The second-order valence-corrected chi connectivity index (χ2v) is 9.53. The third kappa shape index (κ3) is 4.30. The van der Waals surface area contributed by atoms with Crippen LogP contribution in [0.15, 0.2) is 17.5 Å². The number of hydrogen-bond donors (Lipinski definition) is 2. The number of amides is 1. The van der Waals surface area contributed by atoms with Crippen molar-refractivity contribution in [2.75, 3.05) is 6.54 Å². The van der Waals surface area contributed by atoms with E-state index in [2.05, 4.69) is 33.1 Å². The fourth-order valence-electron chi connectivity index (χ4n) is 4.13. The number of aryl methyl sites for hydroxylation is 1. The summed E-state index contributed by atoms with van der Waals surface area (Å²) in [5.41, 5.74) is 1.07. The monoisotopic (exact) mass is 375 g/mol. The maximum absolute atomic E-state index is 12.2. The van der Waals surface area contributed by atoms with E-state index in [0.29, 0.717) is 24.4 Å². The topological polar surface area (TPSA) is 54.0 Å². The molecule has 2 bridgehead atoms. The van der Waals surface area contributed by atoms with Crippen molar-refractivity contribution in [3.63, 3.8) is 0 Å². The van der Waals surface area contributed by atoms with E-state index in [0.717, 1.165) is 23.7 Å². The molecule has 2 aromatic heterocycles. The van der Waals surface area contributed by atoms with Crippen LogP contribution >= 0.6 is 22.7 Å². The first-order chi connectivity index (χ1) is 12.2. The summed E-state index contributed by atoms with van der Waals surface area (Å²) in [6.07, 6.45) is 6.53. The number of carbonyl (C=O) groups is 1. The molecule has 1 amide bonds. The molecule has 4 rings (SSSR count). The molecule has 2 atom stereocenters. The zero-order valence-electron chi connectivity index (χ0n) is 14.6. The number of hydrogen-bond acceptors (Lipinski definition) is 5. The van der Waals surface area contributed by atoms with Gasteiger partial charge in [-0.15, -0.1) is 22.7 Å². The Labute approximate surface area is 157 Å². The molecule has 2 aromatic rings. The van der Waals surface area contributed by atoms with Crippen molar-refractivity contribution in [2.24, 2.45) is 5.92 Å². The Hall–Kier alpha value is -1.24. The molecule has 0 spiro atoms. The first-order valence-corrected chi connectivity index (χ1v) is 10.9. The minimum absolute atomic E-state index is 0.221. The number of nitrogens with one attached hydrogen (secondary N) is 2. The minimum atomic E-state index is 0.221. The second kappa shape index (κ2) is 7.56.